The maximum atomic E-state index is 14.2. The quantitative estimate of drug-likeness (QED) is 0.939. The maximum Gasteiger partial charge on any atom is 0.242 e. The molecule has 2 heterocycles. The molecular weight excluding hydrogens is 309 g/mol. The Labute approximate surface area is 140 Å². The number of carbonyl (C=O) groups is 1. The SMILES string of the molecule is CC(C)(C)c1coc(CN2CCNC(=O)C2c2ccccc2F)n1. The number of rotatable bonds is 3. The Kier molecular flexibility index (Phi) is 4.41. The van der Waals surface area contributed by atoms with Crippen LogP contribution in [-0.2, 0) is 16.8 Å². The molecule has 24 heavy (non-hydrogen) atoms. The number of aromatic nitrogens is 1. The van der Waals surface area contributed by atoms with Gasteiger partial charge < -0.3 is 9.73 Å². The molecule has 1 atom stereocenters. The molecule has 1 unspecified atom stereocenters. The van der Waals surface area contributed by atoms with Gasteiger partial charge in [-0.2, -0.15) is 0 Å². The number of nitrogens with zero attached hydrogens (tertiary/aromatic N) is 2. The number of benzene rings is 1. The van der Waals surface area contributed by atoms with Crippen molar-refractivity contribution in [3.63, 3.8) is 0 Å². The molecule has 0 saturated carbocycles. The van der Waals surface area contributed by atoms with Crippen LogP contribution in [0.5, 0.6) is 0 Å². The Balaban J connectivity index is 1.86. The second-order valence-electron chi connectivity index (χ2n) is 7.06. The highest BCUT2D eigenvalue weighted by atomic mass is 19.1. The predicted octanol–water partition coefficient (Wildman–Crippen LogP) is 2.78. The largest absolute Gasteiger partial charge is 0.447 e. The van der Waals surface area contributed by atoms with Crippen molar-refractivity contribution in [3.05, 3.63) is 53.5 Å². The van der Waals surface area contributed by atoms with Crippen molar-refractivity contribution >= 4 is 5.91 Å². The molecular formula is C18H22FN3O2. The Morgan fingerprint density at radius 3 is 2.79 bits per heavy atom. The molecule has 6 heteroatoms. The van der Waals surface area contributed by atoms with Crippen LogP contribution in [0.1, 0.15) is 44.0 Å². The van der Waals surface area contributed by atoms with E-state index in [1.54, 1.807) is 24.5 Å². The lowest BCUT2D eigenvalue weighted by Crippen LogP contribution is -2.49. The third-order valence-electron chi connectivity index (χ3n) is 4.17. The minimum absolute atomic E-state index is 0.105. The maximum absolute atomic E-state index is 14.2. The van der Waals surface area contributed by atoms with E-state index in [0.717, 1.165) is 5.69 Å². The van der Waals surface area contributed by atoms with Crippen LogP contribution in [0.3, 0.4) is 0 Å². The number of halogens is 1. The molecule has 2 aromatic rings. The van der Waals surface area contributed by atoms with Gasteiger partial charge in [-0.3, -0.25) is 9.69 Å². The van der Waals surface area contributed by atoms with E-state index >= 15 is 0 Å². The summed E-state index contributed by atoms with van der Waals surface area (Å²) >= 11 is 0. The summed E-state index contributed by atoms with van der Waals surface area (Å²) in [5.41, 5.74) is 1.13. The Morgan fingerprint density at radius 2 is 2.12 bits per heavy atom. The summed E-state index contributed by atoms with van der Waals surface area (Å²) in [5, 5.41) is 2.80. The van der Waals surface area contributed by atoms with Crippen molar-refractivity contribution in [3.8, 4) is 0 Å². The van der Waals surface area contributed by atoms with Gasteiger partial charge >= 0.3 is 0 Å². The van der Waals surface area contributed by atoms with Crippen molar-refractivity contribution < 1.29 is 13.6 Å². The van der Waals surface area contributed by atoms with E-state index < -0.39 is 6.04 Å². The molecule has 0 spiro atoms. The highest BCUT2D eigenvalue weighted by Crippen LogP contribution is 2.28. The summed E-state index contributed by atoms with van der Waals surface area (Å²) in [7, 11) is 0. The topological polar surface area (TPSA) is 58.4 Å². The normalized spacial score (nSPS) is 19.3. The van der Waals surface area contributed by atoms with E-state index in [1.165, 1.54) is 6.07 Å². The minimum atomic E-state index is -0.676. The van der Waals surface area contributed by atoms with E-state index in [2.05, 4.69) is 31.1 Å². The second kappa shape index (κ2) is 6.36. The number of carbonyl (C=O) groups excluding carboxylic acids is 1. The summed E-state index contributed by atoms with van der Waals surface area (Å²) < 4.78 is 19.7. The third kappa shape index (κ3) is 3.33. The van der Waals surface area contributed by atoms with E-state index in [4.69, 9.17) is 4.42 Å². The van der Waals surface area contributed by atoms with Crippen LogP contribution in [0.4, 0.5) is 4.39 Å². The third-order valence-corrected chi connectivity index (χ3v) is 4.17. The molecule has 3 rings (SSSR count). The van der Waals surface area contributed by atoms with E-state index in [-0.39, 0.29) is 17.1 Å². The minimum Gasteiger partial charge on any atom is -0.447 e. The van der Waals surface area contributed by atoms with Gasteiger partial charge in [-0.25, -0.2) is 9.37 Å². The molecule has 0 aliphatic carbocycles. The van der Waals surface area contributed by atoms with E-state index in [0.29, 0.717) is 31.1 Å². The zero-order chi connectivity index (χ0) is 17.3. The van der Waals surface area contributed by atoms with Crippen molar-refractivity contribution in [1.29, 1.82) is 0 Å². The first-order valence-electron chi connectivity index (χ1n) is 8.07. The van der Waals surface area contributed by atoms with Crippen LogP contribution in [0, 0.1) is 5.82 Å². The predicted molar refractivity (Wildman–Crippen MR) is 87.8 cm³/mol. The molecule has 128 valence electrons. The number of hydrogen-bond donors (Lipinski definition) is 1. The molecule has 1 fully saturated rings. The smallest absolute Gasteiger partial charge is 0.242 e. The Hall–Kier alpha value is -2.21. The molecule has 5 nitrogen and oxygen atoms in total. The van der Waals surface area contributed by atoms with Crippen molar-refractivity contribution in [2.24, 2.45) is 0 Å². The molecule has 0 bridgehead atoms. The highest BCUT2D eigenvalue weighted by molar-refractivity contribution is 5.84. The molecule has 1 aliphatic rings. The zero-order valence-corrected chi connectivity index (χ0v) is 14.2. The lowest BCUT2D eigenvalue weighted by Gasteiger charge is -2.34. The first-order chi connectivity index (χ1) is 11.4. The van der Waals surface area contributed by atoms with Crippen LogP contribution >= 0.6 is 0 Å². The van der Waals surface area contributed by atoms with Gasteiger partial charge in [0.1, 0.15) is 18.1 Å². The number of piperazine rings is 1. The van der Waals surface area contributed by atoms with Crippen LogP contribution < -0.4 is 5.32 Å². The summed E-state index contributed by atoms with van der Waals surface area (Å²) in [6, 6.07) is 5.70. The van der Waals surface area contributed by atoms with E-state index in [1.807, 2.05) is 4.90 Å². The molecule has 1 aliphatic heterocycles. The molecule has 1 aromatic carbocycles. The molecule has 1 aromatic heterocycles. The van der Waals surface area contributed by atoms with Gasteiger partial charge in [0.2, 0.25) is 11.8 Å². The molecule has 0 radical (unpaired) electrons. The van der Waals surface area contributed by atoms with Gasteiger partial charge in [0.05, 0.1) is 12.2 Å². The summed E-state index contributed by atoms with van der Waals surface area (Å²) in [4.78, 5) is 18.8. The van der Waals surface area contributed by atoms with Gasteiger partial charge in [0.25, 0.3) is 0 Å². The van der Waals surface area contributed by atoms with Crippen molar-refractivity contribution in [1.82, 2.24) is 15.2 Å². The first kappa shape index (κ1) is 16.6. The number of amides is 1. The van der Waals surface area contributed by atoms with E-state index in [9.17, 15) is 9.18 Å². The van der Waals surface area contributed by atoms with Crippen molar-refractivity contribution in [2.45, 2.75) is 38.8 Å². The number of oxazole rings is 1. The summed E-state index contributed by atoms with van der Waals surface area (Å²) in [6.45, 7) is 7.68. The lowest BCUT2D eigenvalue weighted by molar-refractivity contribution is -0.129. The van der Waals surface area contributed by atoms with Crippen LogP contribution in [0.2, 0.25) is 0 Å². The second-order valence-corrected chi connectivity index (χ2v) is 7.06. The Bertz CT molecular complexity index is 736. The summed E-state index contributed by atoms with van der Waals surface area (Å²) in [6.07, 6.45) is 1.65. The van der Waals surface area contributed by atoms with Gasteiger partial charge in [0, 0.05) is 24.1 Å². The standard InChI is InChI=1S/C18H22FN3O2/c1-18(2,3)14-11-24-15(21-14)10-22-9-8-20-17(23)16(22)12-6-4-5-7-13(12)19/h4-7,11,16H,8-10H2,1-3H3,(H,20,23). The average molecular weight is 331 g/mol. The Morgan fingerprint density at radius 1 is 1.38 bits per heavy atom. The number of nitrogens with one attached hydrogen (secondary N) is 1. The first-order valence-corrected chi connectivity index (χ1v) is 8.07. The zero-order valence-electron chi connectivity index (χ0n) is 14.2. The summed E-state index contributed by atoms with van der Waals surface area (Å²) in [5.74, 6) is -0.0442. The van der Waals surface area contributed by atoms with Crippen molar-refractivity contribution in [2.75, 3.05) is 13.1 Å². The van der Waals surface area contributed by atoms with Crippen LogP contribution in [0.25, 0.3) is 0 Å². The number of hydrogen-bond acceptors (Lipinski definition) is 4. The van der Waals surface area contributed by atoms with Gasteiger partial charge in [0.15, 0.2) is 0 Å². The fraction of sp³-hybridized carbons (Fsp3) is 0.444. The monoisotopic (exact) mass is 331 g/mol. The lowest BCUT2D eigenvalue weighted by atomic mass is 9.93. The van der Waals surface area contributed by atoms with Crippen LogP contribution in [0.15, 0.2) is 34.9 Å². The fourth-order valence-corrected chi connectivity index (χ4v) is 2.82. The molecule has 1 amide bonds. The van der Waals surface area contributed by atoms with Gasteiger partial charge in [-0.05, 0) is 6.07 Å². The molecule has 1 N–H and O–H groups in total. The highest BCUT2D eigenvalue weighted by Gasteiger charge is 2.34. The fourth-order valence-electron chi connectivity index (χ4n) is 2.82. The average Bonchev–Trinajstić information content (AvgIpc) is 2.98. The molecule has 1 saturated heterocycles. The van der Waals surface area contributed by atoms with Gasteiger partial charge in [-0.1, -0.05) is 39.0 Å². The van der Waals surface area contributed by atoms with Crippen LogP contribution in [-0.4, -0.2) is 28.9 Å². The van der Waals surface area contributed by atoms with Gasteiger partial charge in [-0.15, -0.1) is 0 Å².